The van der Waals surface area contributed by atoms with Crippen LogP contribution in [0.2, 0.25) is 10.0 Å². The van der Waals surface area contributed by atoms with E-state index < -0.39 is 0 Å². The molecule has 1 fully saturated rings. The molecule has 0 radical (unpaired) electrons. The number of hydrogen-bond acceptors (Lipinski definition) is 3. The Hall–Kier alpha value is -2.30. The predicted molar refractivity (Wildman–Crippen MR) is 103 cm³/mol. The monoisotopic (exact) mass is 386 g/mol. The molecule has 6 heteroatoms. The summed E-state index contributed by atoms with van der Waals surface area (Å²) >= 11 is 12.1. The zero-order valence-corrected chi connectivity index (χ0v) is 15.4. The topological polar surface area (TPSA) is 42.4 Å². The standard InChI is InChI=1S/C20H16Cl2N2O2/c21-14-6-7-17(22)16(11-14)20(25)24-10-9-15(12-24)26-19-8-5-13-3-1-2-4-18(13)23-19/h1-8,11,15H,9-10,12H2. The van der Waals surface area contributed by atoms with Crippen molar-refractivity contribution in [1.29, 1.82) is 0 Å². The van der Waals surface area contributed by atoms with Gasteiger partial charge in [-0.25, -0.2) is 4.98 Å². The van der Waals surface area contributed by atoms with E-state index in [4.69, 9.17) is 27.9 Å². The van der Waals surface area contributed by atoms with Crippen LogP contribution in [0.4, 0.5) is 0 Å². The highest BCUT2D eigenvalue weighted by atomic mass is 35.5. The molecule has 1 atom stereocenters. The van der Waals surface area contributed by atoms with Crippen molar-refractivity contribution in [2.24, 2.45) is 0 Å². The van der Waals surface area contributed by atoms with Crippen LogP contribution in [0, 0.1) is 0 Å². The summed E-state index contributed by atoms with van der Waals surface area (Å²) in [5, 5.41) is 1.96. The molecule has 0 aliphatic carbocycles. The summed E-state index contributed by atoms with van der Waals surface area (Å²) in [4.78, 5) is 19.0. The van der Waals surface area contributed by atoms with Crippen molar-refractivity contribution in [3.05, 3.63) is 70.2 Å². The number of rotatable bonds is 3. The first-order valence-corrected chi connectivity index (χ1v) is 9.12. The molecule has 2 heterocycles. The molecule has 4 rings (SSSR count). The maximum absolute atomic E-state index is 12.7. The Morgan fingerprint density at radius 2 is 1.96 bits per heavy atom. The summed E-state index contributed by atoms with van der Waals surface area (Å²) in [6.07, 6.45) is 0.656. The number of pyridine rings is 1. The maximum Gasteiger partial charge on any atom is 0.255 e. The molecule has 26 heavy (non-hydrogen) atoms. The Balaban J connectivity index is 1.46. The lowest BCUT2D eigenvalue weighted by atomic mass is 10.2. The lowest BCUT2D eigenvalue weighted by molar-refractivity contribution is 0.0771. The highest BCUT2D eigenvalue weighted by Crippen LogP contribution is 2.25. The number of fused-ring (bicyclic) bond motifs is 1. The number of benzene rings is 2. The summed E-state index contributed by atoms with van der Waals surface area (Å²) in [6.45, 7) is 1.11. The largest absolute Gasteiger partial charge is 0.472 e. The third kappa shape index (κ3) is 3.48. The van der Waals surface area contributed by atoms with Gasteiger partial charge >= 0.3 is 0 Å². The van der Waals surface area contributed by atoms with Gasteiger partial charge < -0.3 is 9.64 Å². The maximum atomic E-state index is 12.7. The minimum atomic E-state index is -0.130. The first-order valence-electron chi connectivity index (χ1n) is 8.37. The predicted octanol–water partition coefficient (Wildman–Crippen LogP) is 4.84. The Kier molecular flexibility index (Phi) is 4.70. The number of aromatic nitrogens is 1. The van der Waals surface area contributed by atoms with Gasteiger partial charge in [0, 0.05) is 29.4 Å². The lowest BCUT2D eigenvalue weighted by Gasteiger charge is -2.18. The fraction of sp³-hybridized carbons (Fsp3) is 0.200. The molecule has 1 amide bonds. The SMILES string of the molecule is O=C(c1cc(Cl)ccc1Cl)N1CCC(Oc2ccc3ccccc3n2)C1. The van der Waals surface area contributed by atoms with Gasteiger partial charge in [-0.1, -0.05) is 41.4 Å². The molecule has 0 N–H and O–H groups in total. The van der Waals surface area contributed by atoms with Gasteiger partial charge in [0.1, 0.15) is 6.10 Å². The summed E-state index contributed by atoms with van der Waals surface area (Å²) in [5.74, 6) is 0.443. The molecule has 3 aromatic rings. The molecule has 2 aromatic carbocycles. The number of likely N-dealkylation sites (tertiary alicyclic amines) is 1. The summed E-state index contributed by atoms with van der Waals surface area (Å²) < 4.78 is 5.99. The average Bonchev–Trinajstić information content (AvgIpc) is 3.11. The first-order chi connectivity index (χ1) is 12.6. The summed E-state index contributed by atoms with van der Waals surface area (Å²) in [7, 11) is 0. The van der Waals surface area contributed by atoms with Gasteiger partial charge in [0.15, 0.2) is 0 Å². The van der Waals surface area contributed by atoms with Gasteiger partial charge in [0.2, 0.25) is 5.88 Å². The number of carbonyl (C=O) groups excluding carboxylic acids is 1. The summed E-state index contributed by atoms with van der Waals surface area (Å²) in [5.41, 5.74) is 1.31. The molecule has 0 spiro atoms. The zero-order valence-electron chi connectivity index (χ0n) is 13.9. The van der Waals surface area contributed by atoms with Crippen LogP contribution >= 0.6 is 23.2 Å². The highest BCUT2D eigenvalue weighted by molar-refractivity contribution is 6.35. The Bertz CT molecular complexity index is 977. The molecule has 0 bridgehead atoms. The van der Waals surface area contributed by atoms with Crippen molar-refractivity contribution in [3.63, 3.8) is 0 Å². The van der Waals surface area contributed by atoms with Crippen LogP contribution in [0.1, 0.15) is 16.8 Å². The van der Waals surface area contributed by atoms with Gasteiger partial charge in [-0.2, -0.15) is 0 Å². The van der Waals surface area contributed by atoms with Crippen molar-refractivity contribution >= 4 is 40.0 Å². The molecule has 4 nitrogen and oxygen atoms in total. The van der Waals surface area contributed by atoms with E-state index in [1.54, 1.807) is 23.1 Å². The second-order valence-corrected chi connectivity index (χ2v) is 7.09. The highest BCUT2D eigenvalue weighted by Gasteiger charge is 2.29. The number of carbonyl (C=O) groups is 1. The van der Waals surface area contributed by atoms with E-state index >= 15 is 0 Å². The third-order valence-corrected chi connectivity index (χ3v) is 5.02. The second kappa shape index (κ2) is 7.14. The van der Waals surface area contributed by atoms with E-state index in [-0.39, 0.29) is 12.0 Å². The number of nitrogens with zero attached hydrogens (tertiary/aromatic N) is 2. The van der Waals surface area contributed by atoms with E-state index in [1.165, 1.54) is 0 Å². The number of halogens is 2. The lowest BCUT2D eigenvalue weighted by Crippen LogP contribution is -2.31. The molecular weight excluding hydrogens is 371 g/mol. The van der Waals surface area contributed by atoms with E-state index in [0.717, 1.165) is 17.3 Å². The fourth-order valence-electron chi connectivity index (χ4n) is 3.12. The van der Waals surface area contributed by atoms with Crippen LogP contribution in [0.15, 0.2) is 54.6 Å². The normalized spacial score (nSPS) is 16.8. The quantitative estimate of drug-likeness (QED) is 0.646. The molecule has 1 unspecified atom stereocenters. The molecule has 132 valence electrons. The number of amides is 1. The van der Waals surface area contributed by atoms with Gasteiger partial charge in [-0.05, 0) is 30.3 Å². The van der Waals surface area contributed by atoms with Crippen molar-refractivity contribution < 1.29 is 9.53 Å². The number of hydrogen-bond donors (Lipinski definition) is 0. The van der Waals surface area contributed by atoms with Crippen molar-refractivity contribution in [1.82, 2.24) is 9.88 Å². The number of para-hydroxylation sites is 1. The van der Waals surface area contributed by atoms with Gasteiger partial charge in [-0.15, -0.1) is 0 Å². The van der Waals surface area contributed by atoms with Gasteiger partial charge in [0.25, 0.3) is 5.91 Å². The van der Waals surface area contributed by atoms with E-state index in [1.807, 2.05) is 36.4 Å². The van der Waals surface area contributed by atoms with Crippen molar-refractivity contribution in [2.45, 2.75) is 12.5 Å². The zero-order chi connectivity index (χ0) is 18.1. The van der Waals surface area contributed by atoms with Crippen molar-refractivity contribution in [2.75, 3.05) is 13.1 Å². The first kappa shape index (κ1) is 17.1. The summed E-state index contributed by atoms with van der Waals surface area (Å²) in [6, 6.07) is 16.6. The molecule has 1 saturated heterocycles. The Morgan fingerprint density at radius 3 is 2.85 bits per heavy atom. The minimum Gasteiger partial charge on any atom is -0.472 e. The Labute approximate surface area is 161 Å². The number of ether oxygens (including phenoxy) is 1. The van der Waals surface area contributed by atoms with E-state index in [0.29, 0.717) is 34.6 Å². The van der Waals surface area contributed by atoms with Crippen LogP contribution < -0.4 is 4.74 Å². The smallest absolute Gasteiger partial charge is 0.255 e. The van der Waals surface area contributed by atoms with Crippen LogP contribution in [0.5, 0.6) is 5.88 Å². The van der Waals surface area contributed by atoms with E-state index in [2.05, 4.69) is 4.98 Å². The van der Waals surface area contributed by atoms with E-state index in [9.17, 15) is 4.79 Å². The van der Waals surface area contributed by atoms with Crippen LogP contribution in [-0.4, -0.2) is 35.0 Å². The van der Waals surface area contributed by atoms with Gasteiger partial charge in [0.05, 0.1) is 22.6 Å². The van der Waals surface area contributed by atoms with Crippen LogP contribution in [0.3, 0.4) is 0 Å². The third-order valence-electron chi connectivity index (χ3n) is 4.45. The molecular formula is C20H16Cl2N2O2. The van der Waals surface area contributed by atoms with Crippen LogP contribution in [-0.2, 0) is 0 Å². The average molecular weight is 387 g/mol. The second-order valence-electron chi connectivity index (χ2n) is 6.25. The molecule has 1 aliphatic heterocycles. The molecule has 1 aliphatic rings. The Morgan fingerprint density at radius 1 is 1.12 bits per heavy atom. The van der Waals surface area contributed by atoms with Gasteiger partial charge in [-0.3, -0.25) is 4.79 Å². The molecule has 0 saturated carbocycles. The van der Waals surface area contributed by atoms with Crippen LogP contribution in [0.25, 0.3) is 10.9 Å². The molecule has 1 aromatic heterocycles. The van der Waals surface area contributed by atoms with Crippen molar-refractivity contribution in [3.8, 4) is 5.88 Å². The fourth-order valence-corrected chi connectivity index (χ4v) is 3.49. The minimum absolute atomic E-state index is 0.0921.